The van der Waals surface area contributed by atoms with E-state index in [1.165, 1.54) is 4.90 Å². The monoisotopic (exact) mass is 263 g/mol. The van der Waals surface area contributed by atoms with Crippen molar-refractivity contribution >= 4 is 11.6 Å². The number of ether oxygens (including phenoxy) is 1. The largest absolute Gasteiger partial charge is 0.382 e. The standard InChI is InChI=1S/C14H21N3O2/c1-4-19-12-7-11(8-12)16-10-5-6-15-13(9-10)14(18)17(2)3/h5-6,9,11-12H,4,7-8H2,1-3H3,(H,15,16). The van der Waals surface area contributed by atoms with Crippen LogP contribution in [0.3, 0.4) is 0 Å². The molecule has 1 aromatic heterocycles. The zero-order chi connectivity index (χ0) is 13.8. The van der Waals surface area contributed by atoms with Crippen LogP contribution in [0.4, 0.5) is 5.69 Å². The van der Waals surface area contributed by atoms with Gasteiger partial charge in [0, 0.05) is 38.6 Å². The molecule has 1 aliphatic rings. The van der Waals surface area contributed by atoms with E-state index in [9.17, 15) is 4.79 Å². The molecule has 1 N–H and O–H groups in total. The minimum Gasteiger partial charge on any atom is -0.382 e. The summed E-state index contributed by atoms with van der Waals surface area (Å²) in [7, 11) is 3.45. The molecule has 0 aromatic carbocycles. The molecule has 0 bridgehead atoms. The molecule has 0 atom stereocenters. The molecule has 5 heteroatoms. The fraction of sp³-hybridized carbons (Fsp3) is 0.571. The van der Waals surface area contributed by atoms with Gasteiger partial charge in [0.05, 0.1) is 6.10 Å². The van der Waals surface area contributed by atoms with E-state index >= 15 is 0 Å². The summed E-state index contributed by atoms with van der Waals surface area (Å²) in [4.78, 5) is 17.4. The number of nitrogens with zero attached hydrogens (tertiary/aromatic N) is 2. The average Bonchev–Trinajstić information content (AvgIpc) is 2.35. The predicted molar refractivity (Wildman–Crippen MR) is 74.3 cm³/mol. The maximum Gasteiger partial charge on any atom is 0.272 e. The van der Waals surface area contributed by atoms with E-state index in [4.69, 9.17) is 4.74 Å². The van der Waals surface area contributed by atoms with Gasteiger partial charge < -0.3 is 15.0 Å². The number of anilines is 1. The van der Waals surface area contributed by atoms with Gasteiger partial charge in [0.15, 0.2) is 0 Å². The van der Waals surface area contributed by atoms with Gasteiger partial charge in [0.25, 0.3) is 5.91 Å². The van der Waals surface area contributed by atoms with Crippen LogP contribution in [0, 0.1) is 0 Å². The Morgan fingerprint density at radius 2 is 2.26 bits per heavy atom. The van der Waals surface area contributed by atoms with Gasteiger partial charge in [-0.3, -0.25) is 9.78 Å². The van der Waals surface area contributed by atoms with Crippen LogP contribution in [-0.4, -0.2) is 48.6 Å². The molecule has 0 aliphatic heterocycles. The van der Waals surface area contributed by atoms with Gasteiger partial charge in [-0.25, -0.2) is 0 Å². The summed E-state index contributed by atoms with van der Waals surface area (Å²) in [5, 5.41) is 3.41. The van der Waals surface area contributed by atoms with Gasteiger partial charge in [0.2, 0.25) is 0 Å². The summed E-state index contributed by atoms with van der Waals surface area (Å²) in [6.45, 7) is 2.79. The molecule has 1 heterocycles. The fourth-order valence-corrected chi connectivity index (χ4v) is 2.16. The molecule has 1 aromatic rings. The summed E-state index contributed by atoms with van der Waals surface area (Å²) >= 11 is 0. The Morgan fingerprint density at radius 1 is 1.53 bits per heavy atom. The third-order valence-electron chi connectivity index (χ3n) is 3.25. The minimum atomic E-state index is -0.0792. The van der Waals surface area contributed by atoms with E-state index in [2.05, 4.69) is 10.3 Å². The number of rotatable bonds is 5. The van der Waals surface area contributed by atoms with E-state index in [0.717, 1.165) is 25.1 Å². The maximum atomic E-state index is 11.8. The predicted octanol–water partition coefficient (Wildman–Crippen LogP) is 1.76. The second kappa shape index (κ2) is 6.02. The molecule has 1 saturated carbocycles. The molecule has 2 rings (SSSR count). The molecule has 1 fully saturated rings. The number of amides is 1. The lowest BCUT2D eigenvalue weighted by molar-refractivity contribution is 0.00299. The summed E-state index contributed by atoms with van der Waals surface area (Å²) in [5.41, 5.74) is 1.41. The first kappa shape index (κ1) is 13.8. The Morgan fingerprint density at radius 3 is 2.89 bits per heavy atom. The molecule has 19 heavy (non-hydrogen) atoms. The SMILES string of the molecule is CCOC1CC(Nc2ccnc(C(=O)N(C)C)c2)C1. The van der Waals surface area contributed by atoms with Crippen LogP contribution in [0.2, 0.25) is 0 Å². The zero-order valence-corrected chi connectivity index (χ0v) is 11.7. The second-order valence-corrected chi connectivity index (χ2v) is 5.02. The Balaban J connectivity index is 1.92. The van der Waals surface area contributed by atoms with Gasteiger partial charge >= 0.3 is 0 Å². The zero-order valence-electron chi connectivity index (χ0n) is 11.7. The third kappa shape index (κ3) is 3.44. The van der Waals surface area contributed by atoms with Gasteiger partial charge in [-0.15, -0.1) is 0 Å². The Hall–Kier alpha value is -1.62. The second-order valence-electron chi connectivity index (χ2n) is 5.02. The highest BCUT2D eigenvalue weighted by Crippen LogP contribution is 2.26. The van der Waals surface area contributed by atoms with Crippen LogP contribution in [0.5, 0.6) is 0 Å². The Kier molecular flexibility index (Phi) is 4.37. The molecule has 0 unspecified atom stereocenters. The van der Waals surface area contributed by atoms with Crippen LogP contribution >= 0.6 is 0 Å². The molecular formula is C14H21N3O2. The number of carbonyl (C=O) groups is 1. The topological polar surface area (TPSA) is 54.5 Å². The molecule has 1 amide bonds. The van der Waals surface area contributed by atoms with Gasteiger partial charge in [-0.2, -0.15) is 0 Å². The van der Waals surface area contributed by atoms with Crippen molar-refractivity contribution < 1.29 is 9.53 Å². The highest BCUT2D eigenvalue weighted by atomic mass is 16.5. The first-order chi connectivity index (χ1) is 9.10. The lowest BCUT2D eigenvalue weighted by Gasteiger charge is -2.36. The maximum absolute atomic E-state index is 11.8. The highest BCUT2D eigenvalue weighted by molar-refractivity contribution is 5.92. The summed E-state index contributed by atoms with van der Waals surface area (Å²) in [6, 6.07) is 4.12. The van der Waals surface area contributed by atoms with Crippen molar-refractivity contribution in [1.29, 1.82) is 0 Å². The number of aromatic nitrogens is 1. The number of carbonyl (C=O) groups excluding carboxylic acids is 1. The molecule has 5 nitrogen and oxygen atoms in total. The molecule has 104 valence electrons. The van der Waals surface area contributed by atoms with Crippen molar-refractivity contribution in [2.45, 2.75) is 31.9 Å². The fourth-order valence-electron chi connectivity index (χ4n) is 2.16. The van der Waals surface area contributed by atoms with E-state index in [1.54, 1.807) is 26.4 Å². The van der Waals surface area contributed by atoms with Crippen molar-refractivity contribution in [3.8, 4) is 0 Å². The van der Waals surface area contributed by atoms with Gasteiger partial charge in [-0.1, -0.05) is 0 Å². The molecule has 0 radical (unpaired) electrons. The van der Waals surface area contributed by atoms with E-state index in [-0.39, 0.29) is 5.91 Å². The summed E-state index contributed by atoms with van der Waals surface area (Å²) < 4.78 is 5.53. The Labute approximate surface area is 114 Å². The first-order valence-corrected chi connectivity index (χ1v) is 6.66. The smallest absolute Gasteiger partial charge is 0.272 e. The average molecular weight is 263 g/mol. The molecule has 0 spiro atoms. The van der Waals surface area contributed by atoms with E-state index < -0.39 is 0 Å². The summed E-state index contributed by atoms with van der Waals surface area (Å²) in [5.74, 6) is -0.0792. The van der Waals surface area contributed by atoms with Crippen LogP contribution < -0.4 is 5.32 Å². The summed E-state index contributed by atoms with van der Waals surface area (Å²) in [6.07, 6.45) is 4.09. The number of hydrogen-bond acceptors (Lipinski definition) is 4. The molecule has 0 saturated heterocycles. The van der Waals surface area contributed by atoms with Crippen LogP contribution in [-0.2, 0) is 4.74 Å². The van der Waals surface area contributed by atoms with Crippen molar-refractivity contribution in [1.82, 2.24) is 9.88 Å². The van der Waals surface area contributed by atoms with E-state index in [0.29, 0.717) is 17.8 Å². The highest BCUT2D eigenvalue weighted by Gasteiger charge is 2.29. The van der Waals surface area contributed by atoms with Crippen molar-refractivity contribution in [2.75, 3.05) is 26.0 Å². The lowest BCUT2D eigenvalue weighted by Crippen LogP contribution is -2.40. The van der Waals surface area contributed by atoms with Crippen molar-refractivity contribution in [3.05, 3.63) is 24.0 Å². The number of nitrogens with one attached hydrogen (secondary N) is 1. The molecular weight excluding hydrogens is 242 g/mol. The van der Waals surface area contributed by atoms with Crippen molar-refractivity contribution in [2.24, 2.45) is 0 Å². The normalized spacial score (nSPS) is 21.6. The molecule has 1 aliphatic carbocycles. The van der Waals surface area contributed by atoms with Crippen LogP contribution in [0.25, 0.3) is 0 Å². The number of hydrogen-bond donors (Lipinski definition) is 1. The van der Waals surface area contributed by atoms with Crippen molar-refractivity contribution in [3.63, 3.8) is 0 Å². The Bertz CT molecular complexity index is 442. The number of pyridine rings is 1. The van der Waals surface area contributed by atoms with Crippen LogP contribution in [0.15, 0.2) is 18.3 Å². The third-order valence-corrected chi connectivity index (χ3v) is 3.25. The lowest BCUT2D eigenvalue weighted by atomic mass is 9.89. The quantitative estimate of drug-likeness (QED) is 0.879. The van der Waals surface area contributed by atoms with Gasteiger partial charge in [-0.05, 0) is 31.9 Å². The minimum absolute atomic E-state index is 0.0792. The van der Waals surface area contributed by atoms with Crippen LogP contribution in [0.1, 0.15) is 30.3 Å². The van der Waals surface area contributed by atoms with E-state index in [1.807, 2.05) is 13.0 Å². The first-order valence-electron chi connectivity index (χ1n) is 6.66. The van der Waals surface area contributed by atoms with Gasteiger partial charge in [0.1, 0.15) is 5.69 Å².